The molecule has 0 aliphatic carbocycles. The number of aldehydes is 1. The van der Waals surface area contributed by atoms with E-state index in [9.17, 15) is 18.0 Å². The molecule has 0 unspecified atom stereocenters. The number of pyridine rings is 1. The Balaban J connectivity index is 0.000000276. The molecule has 0 spiro atoms. The number of carbonyl (C=O) groups is 1. The van der Waals surface area contributed by atoms with E-state index in [4.69, 9.17) is 0 Å². The molecule has 0 N–H and O–H groups in total. The van der Waals surface area contributed by atoms with Crippen LogP contribution in [0.5, 0.6) is 0 Å². The minimum absolute atomic E-state index is 0.103. The molecule has 1 aromatic heterocycles. The van der Waals surface area contributed by atoms with Crippen LogP contribution in [0.4, 0.5) is 13.2 Å². The highest BCUT2D eigenvalue weighted by Crippen LogP contribution is 2.15. The molecule has 2 rings (SSSR count). The summed E-state index contributed by atoms with van der Waals surface area (Å²) in [7, 11) is 0. The van der Waals surface area contributed by atoms with Crippen molar-refractivity contribution in [2.24, 2.45) is 0 Å². The van der Waals surface area contributed by atoms with Crippen LogP contribution in [0.1, 0.15) is 18.4 Å². The van der Waals surface area contributed by atoms with Gasteiger partial charge in [-0.05, 0) is 36.6 Å². The molecular weight excluding hydrogens is 267 g/mol. The second kappa shape index (κ2) is 8.85. The van der Waals surface area contributed by atoms with Crippen molar-refractivity contribution in [2.45, 2.75) is 19.3 Å². The first-order valence-corrected chi connectivity index (χ1v) is 6.07. The van der Waals surface area contributed by atoms with Crippen LogP contribution < -0.4 is 0 Å². The summed E-state index contributed by atoms with van der Waals surface area (Å²) >= 11 is 0. The topological polar surface area (TPSA) is 30.0 Å². The highest BCUT2D eigenvalue weighted by Gasteiger charge is 2.08. The highest BCUT2D eigenvalue weighted by molar-refractivity contribution is 5.49. The molecule has 0 saturated carbocycles. The van der Waals surface area contributed by atoms with E-state index in [1.165, 1.54) is 0 Å². The van der Waals surface area contributed by atoms with Crippen molar-refractivity contribution in [2.75, 3.05) is 0 Å². The zero-order chi connectivity index (χ0) is 14.8. The highest BCUT2D eigenvalue weighted by atomic mass is 19.2. The Kier molecular flexibility index (Phi) is 7.03. The molecule has 20 heavy (non-hydrogen) atoms. The Morgan fingerprint density at radius 2 is 1.60 bits per heavy atom. The smallest absolute Gasteiger partial charge is 0.161 e. The summed E-state index contributed by atoms with van der Waals surface area (Å²) in [6, 6.07) is 7.06. The zero-order valence-corrected chi connectivity index (χ0v) is 10.7. The van der Waals surface area contributed by atoms with Gasteiger partial charge in [0, 0.05) is 24.9 Å². The van der Waals surface area contributed by atoms with E-state index in [0.29, 0.717) is 25.2 Å². The summed E-state index contributed by atoms with van der Waals surface area (Å²) in [5.41, 5.74) is 0.103. The molecule has 106 valence electrons. The Hall–Kier alpha value is -2.17. The summed E-state index contributed by atoms with van der Waals surface area (Å²) in [4.78, 5) is 13.8. The Morgan fingerprint density at radius 3 is 2.10 bits per heavy atom. The number of hydrogen-bond acceptors (Lipinski definition) is 2. The van der Waals surface area contributed by atoms with Crippen molar-refractivity contribution < 1.29 is 18.0 Å². The molecule has 0 amide bonds. The van der Waals surface area contributed by atoms with Crippen molar-refractivity contribution in [1.29, 1.82) is 0 Å². The van der Waals surface area contributed by atoms with Crippen LogP contribution in [0, 0.1) is 17.5 Å². The summed E-state index contributed by atoms with van der Waals surface area (Å²) in [5, 5.41) is 0. The van der Waals surface area contributed by atoms with Crippen molar-refractivity contribution >= 4 is 6.29 Å². The van der Waals surface area contributed by atoms with Crippen LogP contribution in [-0.4, -0.2) is 11.3 Å². The maximum atomic E-state index is 13.0. The van der Waals surface area contributed by atoms with Crippen LogP contribution in [0.2, 0.25) is 0 Å². The van der Waals surface area contributed by atoms with Gasteiger partial charge < -0.3 is 4.79 Å². The van der Waals surface area contributed by atoms with Gasteiger partial charge in [0.1, 0.15) is 12.1 Å². The van der Waals surface area contributed by atoms with Gasteiger partial charge in [-0.2, -0.15) is 0 Å². The van der Waals surface area contributed by atoms with Gasteiger partial charge in [0.05, 0.1) is 0 Å². The number of unbranched alkanes of at least 4 members (excludes halogenated alkanes) is 1. The molecule has 2 nitrogen and oxygen atoms in total. The number of aryl methyl sites for hydroxylation is 1. The SMILES string of the molecule is O=CCCCc1cc(F)c(F)cc1F.c1ccncc1. The maximum absolute atomic E-state index is 13.0. The minimum atomic E-state index is -1.19. The van der Waals surface area contributed by atoms with Crippen molar-refractivity contribution in [1.82, 2.24) is 4.98 Å². The molecule has 0 radical (unpaired) electrons. The fraction of sp³-hybridized carbons (Fsp3) is 0.200. The van der Waals surface area contributed by atoms with E-state index < -0.39 is 17.5 Å². The van der Waals surface area contributed by atoms with Crippen molar-refractivity contribution in [3.8, 4) is 0 Å². The number of aromatic nitrogens is 1. The van der Waals surface area contributed by atoms with Gasteiger partial charge in [-0.3, -0.25) is 4.98 Å². The standard InChI is InChI=1S/C10H9F3O.C5H5N/c11-8-6-10(13)9(12)5-7(8)3-1-2-4-14;1-2-4-6-5-3-1/h4-6H,1-3H2;1-5H. The lowest BCUT2D eigenvalue weighted by Crippen LogP contribution is -1.95. The van der Waals surface area contributed by atoms with E-state index in [0.717, 1.165) is 6.07 Å². The molecule has 0 fully saturated rings. The normalized spacial score (nSPS) is 9.55. The molecule has 5 heteroatoms. The second-order valence-electron chi connectivity index (χ2n) is 3.94. The number of nitrogens with zero attached hydrogens (tertiary/aromatic N) is 1. The number of benzene rings is 1. The van der Waals surface area contributed by atoms with Gasteiger partial charge >= 0.3 is 0 Å². The van der Waals surface area contributed by atoms with Crippen LogP contribution in [0.3, 0.4) is 0 Å². The molecule has 0 bridgehead atoms. The van der Waals surface area contributed by atoms with E-state index >= 15 is 0 Å². The fourth-order valence-electron chi connectivity index (χ4n) is 1.44. The van der Waals surface area contributed by atoms with Gasteiger partial charge in [-0.25, -0.2) is 13.2 Å². The molecule has 1 heterocycles. The lowest BCUT2D eigenvalue weighted by molar-refractivity contribution is -0.107. The average molecular weight is 281 g/mol. The van der Waals surface area contributed by atoms with Gasteiger partial charge in [0.15, 0.2) is 11.6 Å². The molecule has 0 saturated heterocycles. The largest absolute Gasteiger partial charge is 0.303 e. The van der Waals surface area contributed by atoms with Gasteiger partial charge in [-0.15, -0.1) is 0 Å². The second-order valence-corrected chi connectivity index (χ2v) is 3.94. The first-order valence-electron chi connectivity index (χ1n) is 6.07. The van der Waals surface area contributed by atoms with Crippen molar-refractivity contribution in [3.05, 3.63) is 65.7 Å². The number of hydrogen-bond donors (Lipinski definition) is 0. The molecule has 0 atom stereocenters. The minimum Gasteiger partial charge on any atom is -0.303 e. The lowest BCUT2D eigenvalue weighted by Gasteiger charge is -2.02. The summed E-state index contributed by atoms with van der Waals surface area (Å²) in [5.74, 6) is -3.02. The van der Waals surface area contributed by atoms with E-state index in [-0.39, 0.29) is 12.0 Å². The first-order chi connectivity index (χ1) is 9.65. The molecule has 0 aliphatic rings. The molecule has 0 aliphatic heterocycles. The van der Waals surface area contributed by atoms with E-state index in [1.807, 2.05) is 18.2 Å². The fourth-order valence-corrected chi connectivity index (χ4v) is 1.44. The lowest BCUT2D eigenvalue weighted by atomic mass is 10.1. The first kappa shape index (κ1) is 15.9. The number of halogens is 3. The summed E-state index contributed by atoms with van der Waals surface area (Å²) < 4.78 is 38.1. The quantitative estimate of drug-likeness (QED) is 0.486. The average Bonchev–Trinajstić information content (AvgIpc) is 2.47. The maximum Gasteiger partial charge on any atom is 0.161 e. The predicted molar refractivity (Wildman–Crippen MR) is 69.6 cm³/mol. The number of rotatable bonds is 4. The monoisotopic (exact) mass is 281 g/mol. The van der Waals surface area contributed by atoms with Crippen LogP contribution >= 0.6 is 0 Å². The van der Waals surface area contributed by atoms with Crippen molar-refractivity contribution in [3.63, 3.8) is 0 Å². The summed E-state index contributed by atoms with van der Waals surface area (Å²) in [6.45, 7) is 0. The molecular formula is C15H14F3NO. The third-order valence-corrected chi connectivity index (χ3v) is 2.42. The third kappa shape index (κ3) is 5.65. The Labute approximate surface area is 115 Å². The molecule has 1 aromatic carbocycles. The van der Waals surface area contributed by atoms with Gasteiger partial charge in [0.2, 0.25) is 0 Å². The van der Waals surface area contributed by atoms with Gasteiger partial charge in [-0.1, -0.05) is 6.07 Å². The number of carbonyl (C=O) groups excluding carboxylic acids is 1. The Morgan fingerprint density at radius 1 is 0.950 bits per heavy atom. The Bertz CT molecular complexity index is 505. The summed E-state index contributed by atoms with van der Waals surface area (Å²) in [6.07, 6.45) is 5.17. The van der Waals surface area contributed by atoms with Crippen LogP contribution in [0.25, 0.3) is 0 Å². The van der Waals surface area contributed by atoms with Crippen LogP contribution in [-0.2, 0) is 11.2 Å². The third-order valence-electron chi connectivity index (χ3n) is 2.42. The molecule has 2 aromatic rings. The van der Waals surface area contributed by atoms with Gasteiger partial charge in [0.25, 0.3) is 0 Å². The van der Waals surface area contributed by atoms with E-state index in [2.05, 4.69) is 4.98 Å². The van der Waals surface area contributed by atoms with E-state index in [1.54, 1.807) is 12.4 Å². The zero-order valence-electron chi connectivity index (χ0n) is 10.7. The van der Waals surface area contributed by atoms with Crippen LogP contribution in [0.15, 0.2) is 42.7 Å². The predicted octanol–water partition coefficient (Wildman–Crippen LogP) is 3.71.